The molecule has 1 aromatic rings. The van der Waals surface area contributed by atoms with Gasteiger partial charge in [-0.05, 0) is 63.8 Å². The monoisotopic (exact) mass is 318 g/mol. The van der Waals surface area contributed by atoms with Crippen LogP contribution in [0.1, 0.15) is 50.1 Å². The molecule has 3 heterocycles. The molecule has 124 valence electrons. The maximum absolute atomic E-state index is 12.0. The lowest BCUT2D eigenvalue weighted by atomic mass is 9.84. The standard InChI is InChI=1S/C18H22O5/c1-17(8-5-13(20)14-4-3-11-21-14)9-6-16-15(22-17)7-10-18(2,12-19)23-16/h3-5,8,11-12,15-16H,6-7,9-10H2,1-2H3/b8-5+/t15-,16+,17-,18-/m1/s1. The number of ether oxygens (including phenoxy) is 2. The third kappa shape index (κ3) is 3.46. The van der Waals surface area contributed by atoms with Gasteiger partial charge in [-0.1, -0.05) is 0 Å². The molecule has 2 aliphatic rings. The first-order valence-electron chi connectivity index (χ1n) is 8.02. The molecule has 1 aromatic heterocycles. The van der Waals surface area contributed by atoms with Crippen molar-refractivity contribution in [1.29, 1.82) is 0 Å². The van der Waals surface area contributed by atoms with Crippen molar-refractivity contribution in [3.63, 3.8) is 0 Å². The van der Waals surface area contributed by atoms with Crippen molar-refractivity contribution >= 4 is 12.1 Å². The summed E-state index contributed by atoms with van der Waals surface area (Å²) in [6.45, 7) is 3.80. The number of hydrogen-bond donors (Lipinski definition) is 0. The van der Waals surface area contributed by atoms with Gasteiger partial charge in [0.25, 0.3) is 0 Å². The first kappa shape index (κ1) is 16.1. The van der Waals surface area contributed by atoms with E-state index in [-0.39, 0.29) is 18.0 Å². The maximum atomic E-state index is 12.0. The van der Waals surface area contributed by atoms with Crippen LogP contribution in [0.25, 0.3) is 0 Å². The molecule has 4 atom stereocenters. The SMILES string of the molecule is C[C@]1(C=O)CC[C@H]2O[C@](C)(/C=C/C(=O)c3ccco3)CC[C@@H]2O1. The van der Waals surface area contributed by atoms with Crippen LogP contribution in [0.4, 0.5) is 0 Å². The van der Waals surface area contributed by atoms with E-state index in [0.717, 1.165) is 25.5 Å². The van der Waals surface area contributed by atoms with E-state index in [1.54, 1.807) is 12.1 Å². The lowest BCUT2D eigenvalue weighted by molar-refractivity contribution is -0.224. The third-order valence-electron chi connectivity index (χ3n) is 4.71. The Morgan fingerprint density at radius 2 is 1.83 bits per heavy atom. The highest BCUT2D eigenvalue weighted by atomic mass is 16.6. The minimum absolute atomic E-state index is 0.0369. The molecule has 0 bridgehead atoms. The number of aldehydes is 1. The normalized spacial score (nSPS) is 37.5. The van der Waals surface area contributed by atoms with E-state index in [2.05, 4.69) is 0 Å². The molecule has 5 heteroatoms. The van der Waals surface area contributed by atoms with Gasteiger partial charge in [0.15, 0.2) is 12.0 Å². The van der Waals surface area contributed by atoms with Crippen LogP contribution >= 0.6 is 0 Å². The van der Waals surface area contributed by atoms with Gasteiger partial charge >= 0.3 is 0 Å². The van der Waals surface area contributed by atoms with Crippen molar-refractivity contribution < 1.29 is 23.5 Å². The zero-order valence-corrected chi connectivity index (χ0v) is 13.5. The lowest BCUT2D eigenvalue weighted by Crippen LogP contribution is -2.53. The van der Waals surface area contributed by atoms with Crippen LogP contribution in [-0.2, 0) is 14.3 Å². The average Bonchev–Trinajstić information content (AvgIpc) is 3.08. The molecule has 0 aliphatic carbocycles. The van der Waals surface area contributed by atoms with E-state index in [1.165, 1.54) is 12.3 Å². The van der Waals surface area contributed by atoms with Crippen molar-refractivity contribution in [1.82, 2.24) is 0 Å². The van der Waals surface area contributed by atoms with Gasteiger partial charge in [0, 0.05) is 0 Å². The Morgan fingerprint density at radius 1 is 1.17 bits per heavy atom. The van der Waals surface area contributed by atoms with Crippen LogP contribution < -0.4 is 0 Å². The van der Waals surface area contributed by atoms with E-state index >= 15 is 0 Å². The highest BCUT2D eigenvalue weighted by molar-refractivity contribution is 6.02. The highest BCUT2D eigenvalue weighted by Crippen LogP contribution is 2.39. The van der Waals surface area contributed by atoms with Gasteiger partial charge in [-0.15, -0.1) is 0 Å². The molecule has 0 unspecified atom stereocenters. The van der Waals surface area contributed by atoms with Gasteiger partial charge in [0.1, 0.15) is 5.60 Å². The summed E-state index contributed by atoms with van der Waals surface area (Å²) < 4.78 is 17.2. The quantitative estimate of drug-likeness (QED) is 0.485. The van der Waals surface area contributed by atoms with Crippen molar-refractivity contribution in [2.45, 2.75) is 62.9 Å². The Kier molecular flexibility index (Phi) is 4.25. The molecule has 0 amide bonds. The molecule has 0 spiro atoms. The number of furan rings is 1. The molecule has 2 aliphatic heterocycles. The van der Waals surface area contributed by atoms with Crippen molar-refractivity contribution in [2.24, 2.45) is 0 Å². The number of ketones is 1. The van der Waals surface area contributed by atoms with E-state index in [4.69, 9.17) is 13.9 Å². The Labute approximate surface area is 135 Å². The summed E-state index contributed by atoms with van der Waals surface area (Å²) in [5.74, 6) is 0.150. The fraction of sp³-hybridized carbons (Fsp3) is 0.556. The molecule has 0 saturated carbocycles. The summed E-state index contributed by atoms with van der Waals surface area (Å²) in [5.41, 5.74) is -1.19. The Bertz CT molecular complexity index is 605. The lowest BCUT2D eigenvalue weighted by Gasteiger charge is -2.47. The van der Waals surface area contributed by atoms with Crippen LogP contribution in [0.2, 0.25) is 0 Å². The molecule has 5 nitrogen and oxygen atoms in total. The minimum Gasteiger partial charge on any atom is -0.461 e. The van der Waals surface area contributed by atoms with Gasteiger partial charge in [0.05, 0.1) is 24.1 Å². The van der Waals surface area contributed by atoms with Gasteiger partial charge in [-0.2, -0.15) is 0 Å². The summed E-state index contributed by atoms with van der Waals surface area (Å²) in [4.78, 5) is 23.1. The Hall–Kier alpha value is -1.72. The molecule has 0 N–H and O–H groups in total. The molecule has 0 aromatic carbocycles. The second-order valence-corrected chi connectivity index (χ2v) is 6.81. The average molecular weight is 318 g/mol. The molecular formula is C18H22O5. The van der Waals surface area contributed by atoms with Crippen molar-refractivity contribution in [2.75, 3.05) is 0 Å². The smallest absolute Gasteiger partial charge is 0.220 e. The number of allylic oxidation sites excluding steroid dienone is 1. The fourth-order valence-electron chi connectivity index (χ4n) is 3.27. The summed E-state index contributed by atoms with van der Waals surface area (Å²) in [6.07, 6.45) is 8.59. The minimum atomic E-state index is -0.691. The van der Waals surface area contributed by atoms with Crippen molar-refractivity contribution in [3.8, 4) is 0 Å². The molecule has 3 rings (SSSR count). The number of fused-ring (bicyclic) bond motifs is 1. The molecule has 2 saturated heterocycles. The second-order valence-electron chi connectivity index (χ2n) is 6.81. The molecular weight excluding hydrogens is 296 g/mol. The van der Waals surface area contributed by atoms with Gasteiger partial charge in [-0.25, -0.2) is 0 Å². The number of carbonyl (C=O) groups is 2. The summed E-state index contributed by atoms with van der Waals surface area (Å²) in [7, 11) is 0. The predicted molar refractivity (Wildman–Crippen MR) is 83.3 cm³/mol. The van der Waals surface area contributed by atoms with Crippen LogP contribution in [0.5, 0.6) is 0 Å². The van der Waals surface area contributed by atoms with Crippen LogP contribution in [0.15, 0.2) is 35.0 Å². The van der Waals surface area contributed by atoms with Crippen LogP contribution in [-0.4, -0.2) is 35.5 Å². The molecule has 0 radical (unpaired) electrons. The first-order valence-corrected chi connectivity index (χ1v) is 8.02. The predicted octanol–water partition coefficient (Wildman–Crippen LogP) is 3.09. The van der Waals surface area contributed by atoms with Gasteiger partial charge in [0.2, 0.25) is 5.78 Å². The van der Waals surface area contributed by atoms with E-state index in [9.17, 15) is 9.59 Å². The number of hydrogen-bond acceptors (Lipinski definition) is 5. The zero-order chi connectivity index (χ0) is 16.5. The van der Waals surface area contributed by atoms with Gasteiger partial charge in [-0.3, -0.25) is 4.79 Å². The van der Waals surface area contributed by atoms with Crippen LogP contribution in [0, 0.1) is 0 Å². The largest absolute Gasteiger partial charge is 0.461 e. The topological polar surface area (TPSA) is 65.7 Å². The molecule has 2 fully saturated rings. The molecule has 23 heavy (non-hydrogen) atoms. The highest BCUT2D eigenvalue weighted by Gasteiger charge is 2.45. The van der Waals surface area contributed by atoms with E-state index in [0.29, 0.717) is 12.2 Å². The van der Waals surface area contributed by atoms with Crippen LogP contribution in [0.3, 0.4) is 0 Å². The zero-order valence-electron chi connectivity index (χ0n) is 13.5. The second kappa shape index (κ2) is 6.06. The Balaban J connectivity index is 1.64. The first-order chi connectivity index (χ1) is 10.9. The number of rotatable bonds is 4. The van der Waals surface area contributed by atoms with Gasteiger partial charge < -0.3 is 18.7 Å². The fourth-order valence-corrected chi connectivity index (χ4v) is 3.27. The number of carbonyl (C=O) groups excluding carboxylic acids is 2. The van der Waals surface area contributed by atoms with Crippen molar-refractivity contribution in [3.05, 3.63) is 36.3 Å². The summed E-state index contributed by atoms with van der Waals surface area (Å²) >= 11 is 0. The summed E-state index contributed by atoms with van der Waals surface area (Å²) in [5, 5.41) is 0. The third-order valence-corrected chi connectivity index (χ3v) is 4.71. The van der Waals surface area contributed by atoms with E-state index < -0.39 is 11.2 Å². The Morgan fingerprint density at radius 3 is 2.43 bits per heavy atom. The maximum Gasteiger partial charge on any atom is 0.220 e. The summed E-state index contributed by atoms with van der Waals surface area (Å²) in [6, 6.07) is 3.33. The van der Waals surface area contributed by atoms with E-state index in [1.807, 2.05) is 19.9 Å².